The first-order chi connectivity index (χ1) is 17.2. The fourth-order valence-electron chi connectivity index (χ4n) is 0.704. The Balaban J connectivity index is -0.0000000309. The maximum Gasteiger partial charge on any atom is 0.327 e. The smallest absolute Gasteiger partial charge is 0.327 e. The van der Waals surface area contributed by atoms with Gasteiger partial charge in [0.25, 0.3) is 0 Å². The molecule has 0 aliphatic heterocycles. The van der Waals surface area contributed by atoms with E-state index in [9.17, 15) is 4.79 Å². The van der Waals surface area contributed by atoms with Crippen molar-refractivity contribution in [2.24, 2.45) is 0 Å². The van der Waals surface area contributed by atoms with Crippen molar-refractivity contribution in [1.82, 2.24) is 0 Å². The average molecular weight is 523 g/mol. The Hall–Kier alpha value is -2.85. The van der Waals surface area contributed by atoms with Crippen LogP contribution in [0.4, 0.5) is 0 Å². The number of hydrogen-bond acceptors (Lipinski definition) is 7. The number of carboxylic acids is 1. The number of carboxylic acid groups (broad SMARTS) is 1. The first-order valence-corrected chi connectivity index (χ1v) is 10.3. The Morgan fingerprint density at radius 3 is 1.08 bits per heavy atom. The molecule has 36 heavy (non-hydrogen) atoms. The molecule has 0 rings (SSSR count). The van der Waals surface area contributed by atoms with Crippen LogP contribution in [0.15, 0.2) is 105 Å². The van der Waals surface area contributed by atoms with Gasteiger partial charge in [0.1, 0.15) is 0 Å². The first-order valence-electron chi connectivity index (χ1n) is 10.3. The molecule has 0 aromatic heterocycles. The number of aliphatic carboxylic acids is 1. The van der Waals surface area contributed by atoms with Gasteiger partial charge in [0.15, 0.2) is 0 Å². The molecule has 218 valence electrons. The molecule has 8 heteroatoms. The molecule has 3 unspecified atom stereocenters. The van der Waals surface area contributed by atoms with Crippen LogP contribution in [0.3, 0.4) is 0 Å². The summed E-state index contributed by atoms with van der Waals surface area (Å²) in [5.74, 6) is -0.981. The van der Waals surface area contributed by atoms with E-state index in [1.807, 2.05) is 6.92 Å². The highest BCUT2D eigenvalue weighted by molar-refractivity contribution is 5.78. The Bertz CT molecular complexity index is 318. The van der Waals surface area contributed by atoms with Crippen LogP contribution >= 0.6 is 0 Å². The molecule has 0 aliphatic carbocycles. The predicted octanol–water partition coefficient (Wildman–Crippen LogP) is 5.01. The third kappa shape index (κ3) is 192. The molecule has 0 aromatic carbocycles. The lowest BCUT2D eigenvalue weighted by atomic mass is 10.4. The topological polar surface area (TPSA) is 137 Å². The van der Waals surface area contributed by atoms with Crippen LogP contribution in [0.5, 0.6) is 0 Å². The summed E-state index contributed by atoms with van der Waals surface area (Å²) in [6, 6.07) is 0. The van der Waals surface area contributed by atoms with E-state index in [0.717, 1.165) is 6.08 Å². The summed E-state index contributed by atoms with van der Waals surface area (Å²) in [6.45, 7) is 50.8. The number of aliphatic hydroxyl groups excluding tert-OH is 4. The van der Waals surface area contributed by atoms with Crippen LogP contribution in [0.1, 0.15) is 20.8 Å². The van der Waals surface area contributed by atoms with Gasteiger partial charge in [-0.2, -0.15) is 0 Å². The molecule has 0 amide bonds. The number of rotatable bonds is 9. The standard InChI is InChI=1S/C9H20O4.C3H4O2.C2H6O2.7C2H4/c1-7(11)5-12-9(3)6-13-8(2)4-10;1-2-3(4)5;3-1-2-4;7*1-2/h7-11H,4-6H2,1-3H3;2H,1H2,(H,4,5);3-4H,1-2H2;7*1-2H2. The largest absolute Gasteiger partial charge is 0.478 e. The fraction of sp³-hybridized carbons (Fsp3) is 0.393. The fourth-order valence-corrected chi connectivity index (χ4v) is 0.704. The molecule has 0 aliphatic rings. The molecule has 0 saturated carbocycles. The van der Waals surface area contributed by atoms with Crippen LogP contribution in [-0.4, -0.2) is 82.8 Å². The van der Waals surface area contributed by atoms with E-state index in [0.29, 0.717) is 13.2 Å². The molecule has 0 bridgehead atoms. The molecule has 0 spiro atoms. The zero-order valence-corrected chi connectivity index (χ0v) is 23.4. The summed E-state index contributed by atoms with van der Waals surface area (Å²) in [5, 5.41) is 40.4. The Kier molecular flexibility index (Phi) is 188. The van der Waals surface area contributed by atoms with Gasteiger partial charge < -0.3 is 35.0 Å². The van der Waals surface area contributed by atoms with E-state index in [1.54, 1.807) is 13.8 Å². The summed E-state index contributed by atoms with van der Waals surface area (Å²) in [6.07, 6.45) is 0.180. The van der Waals surface area contributed by atoms with Gasteiger partial charge in [-0.25, -0.2) is 4.79 Å². The van der Waals surface area contributed by atoms with Gasteiger partial charge in [-0.1, -0.05) is 6.58 Å². The summed E-state index contributed by atoms with van der Waals surface area (Å²) in [5.41, 5.74) is 0. The minimum absolute atomic E-state index is 0.0170. The van der Waals surface area contributed by atoms with Crippen LogP contribution in [-0.2, 0) is 14.3 Å². The lowest BCUT2D eigenvalue weighted by Gasteiger charge is -2.16. The van der Waals surface area contributed by atoms with Crippen LogP contribution in [0.25, 0.3) is 0 Å². The average Bonchev–Trinajstić information content (AvgIpc) is 2.98. The molecule has 0 heterocycles. The van der Waals surface area contributed by atoms with Gasteiger partial charge in [-0.3, -0.25) is 0 Å². The van der Waals surface area contributed by atoms with Crippen molar-refractivity contribution in [3.8, 4) is 0 Å². The number of aliphatic hydroxyl groups is 4. The van der Waals surface area contributed by atoms with Crippen LogP contribution in [0, 0.1) is 0 Å². The lowest BCUT2D eigenvalue weighted by molar-refractivity contribution is -0.131. The second kappa shape index (κ2) is 106. The van der Waals surface area contributed by atoms with Crippen molar-refractivity contribution in [3.63, 3.8) is 0 Å². The van der Waals surface area contributed by atoms with Crippen molar-refractivity contribution in [2.45, 2.75) is 39.1 Å². The minimum Gasteiger partial charge on any atom is -0.478 e. The molecule has 5 N–H and O–H groups in total. The molecule has 0 radical (unpaired) electrons. The quantitative estimate of drug-likeness (QED) is 0.210. The van der Waals surface area contributed by atoms with Gasteiger partial charge in [0, 0.05) is 6.08 Å². The van der Waals surface area contributed by atoms with Gasteiger partial charge in [0.2, 0.25) is 0 Å². The highest BCUT2D eigenvalue weighted by atomic mass is 16.5. The number of carbonyl (C=O) groups is 1. The molecule has 0 fully saturated rings. The van der Waals surface area contributed by atoms with E-state index in [4.69, 9.17) is 35.0 Å². The monoisotopic (exact) mass is 522 g/mol. The first kappa shape index (κ1) is 63.9. The SMILES string of the molecule is C=C.C=C.C=C.C=C.C=C.C=C.C=C.C=CC(=O)O.CC(O)COC(C)COC(C)CO.OCCO. The second-order valence-electron chi connectivity index (χ2n) is 4.31. The Morgan fingerprint density at radius 2 is 0.917 bits per heavy atom. The van der Waals surface area contributed by atoms with E-state index in [2.05, 4.69) is 98.7 Å². The summed E-state index contributed by atoms with van der Waals surface area (Å²) in [4.78, 5) is 9.25. The zero-order valence-electron chi connectivity index (χ0n) is 23.4. The highest BCUT2D eigenvalue weighted by Gasteiger charge is 2.06. The number of hydrogen-bond donors (Lipinski definition) is 5. The Labute approximate surface area is 222 Å². The van der Waals surface area contributed by atoms with E-state index < -0.39 is 12.1 Å². The minimum atomic E-state index is -0.981. The zero-order chi connectivity index (χ0) is 32.0. The van der Waals surface area contributed by atoms with Crippen molar-refractivity contribution in [2.75, 3.05) is 33.0 Å². The molecular weight excluding hydrogens is 464 g/mol. The van der Waals surface area contributed by atoms with E-state index >= 15 is 0 Å². The second-order valence-corrected chi connectivity index (χ2v) is 4.31. The van der Waals surface area contributed by atoms with Gasteiger partial charge >= 0.3 is 5.97 Å². The van der Waals surface area contributed by atoms with Crippen molar-refractivity contribution in [1.29, 1.82) is 0 Å². The van der Waals surface area contributed by atoms with E-state index in [1.165, 1.54) is 0 Å². The van der Waals surface area contributed by atoms with Crippen molar-refractivity contribution < 1.29 is 39.8 Å². The van der Waals surface area contributed by atoms with Crippen LogP contribution in [0.2, 0.25) is 0 Å². The highest BCUT2D eigenvalue weighted by Crippen LogP contribution is 1.97. The molecule has 3 atom stereocenters. The summed E-state index contributed by atoms with van der Waals surface area (Å²) in [7, 11) is 0. The molecule has 8 nitrogen and oxygen atoms in total. The van der Waals surface area contributed by atoms with Gasteiger partial charge in [0.05, 0.1) is 51.3 Å². The van der Waals surface area contributed by atoms with Crippen molar-refractivity contribution >= 4 is 5.97 Å². The van der Waals surface area contributed by atoms with Gasteiger partial charge in [-0.05, 0) is 20.8 Å². The summed E-state index contributed by atoms with van der Waals surface area (Å²) < 4.78 is 10.5. The third-order valence-electron chi connectivity index (χ3n) is 1.77. The normalized spacial score (nSPS) is 9.08. The molecular formula is C28H58O8. The van der Waals surface area contributed by atoms with Crippen molar-refractivity contribution in [3.05, 3.63) is 105 Å². The van der Waals surface area contributed by atoms with E-state index in [-0.39, 0.29) is 32.0 Å². The summed E-state index contributed by atoms with van der Waals surface area (Å²) >= 11 is 0. The molecule has 0 aromatic rings. The third-order valence-corrected chi connectivity index (χ3v) is 1.77. The lowest BCUT2D eigenvalue weighted by Crippen LogP contribution is -2.24. The van der Waals surface area contributed by atoms with Gasteiger partial charge in [-0.15, -0.1) is 92.1 Å². The van der Waals surface area contributed by atoms with Crippen LogP contribution < -0.4 is 0 Å². The number of ether oxygens (including phenoxy) is 2. The Morgan fingerprint density at radius 1 is 0.667 bits per heavy atom. The predicted molar refractivity (Wildman–Crippen MR) is 160 cm³/mol. The maximum atomic E-state index is 9.25. The maximum absolute atomic E-state index is 9.25. The molecule has 0 saturated heterocycles.